The van der Waals surface area contributed by atoms with Crippen molar-refractivity contribution < 1.29 is 102 Å². The predicted molar refractivity (Wildman–Crippen MR) is 51.6 cm³/mol. The summed E-state index contributed by atoms with van der Waals surface area (Å²) in [6.07, 6.45) is 0. The largest absolute Gasteiger partial charge is 1.00 e. The van der Waals surface area contributed by atoms with Crippen LogP contribution in [0.15, 0.2) is 0 Å². The quantitative estimate of drug-likeness (QED) is 0.279. The van der Waals surface area contributed by atoms with E-state index in [0.29, 0.717) is 0 Å². The number of phosphoric acid groups is 2. The van der Waals surface area contributed by atoms with Crippen LogP contribution >= 0.6 is 15.6 Å². The van der Waals surface area contributed by atoms with E-state index in [1.807, 2.05) is 0 Å². The number of hydrogen-bond acceptors (Lipinski definition) is 3. The van der Waals surface area contributed by atoms with E-state index in [2.05, 4.69) is 4.31 Å². The van der Waals surface area contributed by atoms with Gasteiger partial charge in [0, 0.05) is 0 Å². The summed E-state index contributed by atoms with van der Waals surface area (Å²) >= 11 is 0. The van der Waals surface area contributed by atoms with Crippen molar-refractivity contribution in [2.24, 2.45) is 0 Å². The van der Waals surface area contributed by atoms with Gasteiger partial charge in [0.15, 0.2) is 0 Å². The van der Waals surface area contributed by atoms with Gasteiger partial charge in [-0.15, -0.1) is 0 Å². The van der Waals surface area contributed by atoms with Gasteiger partial charge >= 0.3 is 45.2 Å². The molecule has 17 heavy (non-hydrogen) atoms. The van der Waals surface area contributed by atoms with E-state index >= 15 is 0 Å². The minimum absolute atomic E-state index is 0. The summed E-state index contributed by atoms with van der Waals surface area (Å²) in [6, 6.07) is 0. The Hall–Kier alpha value is 0.980. The van der Waals surface area contributed by atoms with Crippen LogP contribution in [0.5, 0.6) is 0 Å². The van der Waals surface area contributed by atoms with Crippen LogP contribution in [0.4, 0.5) is 0 Å². The Kier molecular flexibility index (Phi) is 83.9. The van der Waals surface area contributed by atoms with Gasteiger partial charge in [-0.2, -0.15) is 4.31 Å². The third-order valence-electron chi connectivity index (χ3n) is 0.213. The van der Waals surface area contributed by atoms with Crippen LogP contribution in [-0.4, -0.2) is 57.9 Å². The van der Waals surface area contributed by atoms with Crippen LogP contribution in [0.3, 0.4) is 0 Å². The van der Waals surface area contributed by atoms with E-state index in [1.165, 1.54) is 0 Å². The van der Waals surface area contributed by atoms with Crippen LogP contribution in [0, 0.1) is 0 Å². The zero-order chi connectivity index (χ0) is 7.71. The molecule has 0 unspecified atom stereocenters. The summed E-state index contributed by atoms with van der Waals surface area (Å²) in [5, 5.41) is 0. The monoisotopic (exact) mass is 328 g/mol. The van der Waals surface area contributed by atoms with Crippen molar-refractivity contribution in [3.63, 3.8) is 0 Å². The second-order valence-electron chi connectivity index (χ2n) is 1.06. The Morgan fingerprint density at radius 2 is 0.765 bits per heavy atom. The van der Waals surface area contributed by atoms with Crippen LogP contribution in [-0.2, 0) is 13.4 Å². The van der Waals surface area contributed by atoms with Gasteiger partial charge in [-0.25, -0.2) is 9.13 Å². The Labute approximate surface area is 118 Å². The molecule has 0 radical (unpaired) electrons. The number of hydrogen-bond donors (Lipinski definition) is 4. The molecular formula is H19NaO14P2. The molecule has 0 aliphatic rings. The molecule has 0 aromatic heterocycles. The Balaban J connectivity index is -0.00000000889. The molecule has 0 saturated heterocycles. The summed E-state index contributed by atoms with van der Waals surface area (Å²) in [7, 11) is -10.1. The summed E-state index contributed by atoms with van der Waals surface area (Å²) in [6.45, 7) is 0. The molecule has 0 bridgehead atoms. The summed E-state index contributed by atoms with van der Waals surface area (Å²) in [5.74, 6) is 0. The molecule has 0 fully saturated rings. The number of rotatable bonds is 2. The standard InChI is InChI=1S/Na.H4O7P2.7H2O.H/c;1-8(2,3)7-9(4,5)6;;;;;;;;/h;(H2,1,2,3)(H2,4,5,6);7*1H2;/q+1;;;;;;;;;-1. The van der Waals surface area contributed by atoms with Crippen molar-refractivity contribution in [2.75, 3.05) is 0 Å². The fourth-order valence-electron chi connectivity index (χ4n) is 0.139. The topological polar surface area (TPSA) is 345 Å². The molecule has 17 heteroatoms. The molecule has 0 amide bonds. The maximum atomic E-state index is 9.63. The van der Waals surface area contributed by atoms with E-state index in [4.69, 9.17) is 19.6 Å². The van der Waals surface area contributed by atoms with Crippen molar-refractivity contribution in [2.45, 2.75) is 0 Å². The molecule has 18 N–H and O–H groups in total. The van der Waals surface area contributed by atoms with Crippen LogP contribution in [0.25, 0.3) is 0 Å². The molecule has 0 aliphatic heterocycles. The van der Waals surface area contributed by atoms with Crippen molar-refractivity contribution in [3.05, 3.63) is 0 Å². The first-order valence-corrected chi connectivity index (χ1v) is 4.59. The Morgan fingerprint density at radius 3 is 0.765 bits per heavy atom. The molecule has 0 aliphatic carbocycles. The van der Waals surface area contributed by atoms with Crippen molar-refractivity contribution in [1.29, 1.82) is 0 Å². The maximum Gasteiger partial charge on any atom is 1.00 e. The normalized spacial score (nSPS) is 7.29. The van der Waals surface area contributed by atoms with Gasteiger partial charge in [-0.1, -0.05) is 0 Å². The van der Waals surface area contributed by atoms with Crippen molar-refractivity contribution in [3.8, 4) is 0 Å². The smallest absolute Gasteiger partial charge is 1.00 e. The molecule has 0 aromatic rings. The Morgan fingerprint density at radius 1 is 0.647 bits per heavy atom. The van der Waals surface area contributed by atoms with E-state index in [9.17, 15) is 9.13 Å². The fraction of sp³-hybridized carbons (Fsp3) is 0. The fourth-order valence-corrected chi connectivity index (χ4v) is 1.25. The third-order valence-corrected chi connectivity index (χ3v) is 1.91. The Bertz CT molecular complexity index is 160. The van der Waals surface area contributed by atoms with Gasteiger partial charge in [0.1, 0.15) is 0 Å². The van der Waals surface area contributed by atoms with Gasteiger partial charge in [0.2, 0.25) is 0 Å². The first-order chi connectivity index (χ1) is 3.71. The molecule has 0 rings (SSSR count). The van der Waals surface area contributed by atoms with Gasteiger partial charge in [0.05, 0.1) is 0 Å². The van der Waals surface area contributed by atoms with Gasteiger partial charge in [0.25, 0.3) is 0 Å². The van der Waals surface area contributed by atoms with E-state index < -0.39 is 15.6 Å². The average molecular weight is 328 g/mol. The zero-order valence-corrected chi connectivity index (χ0v) is 12.2. The van der Waals surface area contributed by atoms with Gasteiger partial charge in [-0.3, -0.25) is 0 Å². The van der Waals surface area contributed by atoms with Gasteiger partial charge < -0.3 is 59.3 Å². The predicted octanol–water partition coefficient (Wildman–Crippen LogP) is -9.47. The summed E-state index contributed by atoms with van der Waals surface area (Å²) in [5.41, 5.74) is 0. The second-order valence-corrected chi connectivity index (χ2v) is 3.68. The molecule has 0 spiro atoms. The van der Waals surface area contributed by atoms with Gasteiger partial charge in [-0.05, 0) is 0 Å². The molecular weight excluding hydrogens is 309 g/mol. The summed E-state index contributed by atoms with van der Waals surface area (Å²) in [4.78, 5) is 31.0. The van der Waals surface area contributed by atoms with Crippen LogP contribution < -0.4 is 29.6 Å². The van der Waals surface area contributed by atoms with E-state index in [-0.39, 0.29) is 69.3 Å². The zero-order valence-electron chi connectivity index (χ0n) is 9.41. The first-order valence-electron chi connectivity index (χ1n) is 1.53. The van der Waals surface area contributed by atoms with Crippen molar-refractivity contribution >= 4 is 15.6 Å². The second kappa shape index (κ2) is 22.2. The molecule has 114 valence electrons. The molecule has 0 saturated carbocycles. The van der Waals surface area contributed by atoms with Crippen LogP contribution in [0.2, 0.25) is 0 Å². The first kappa shape index (κ1) is 64.3. The maximum absolute atomic E-state index is 9.63. The molecule has 0 aromatic carbocycles. The third kappa shape index (κ3) is 78.2. The van der Waals surface area contributed by atoms with Crippen LogP contribution in [0.1, 0.15) is 1.43 Å². The molecule has 14 nitrogen and oxygen atoms in total. The van der Waals surface area contributed by atoms with E-state index in [1.54, 1.807) is 0 Å². The van der Waals surface area contributed by atoms with E-state index in [0.717, 1.165) is 0 Å². The van der Waals surface area contributed by atoms with Crippen molar-refractivity contribution in [1.82, 2.24) is 0 Å². The molecule has 0 atom stereocenters. The minimum Gasteiger partial charge on any atom is -1.00 e. The average Bonchev–Trinajstić information content (AvgIpc) is 1.14. The SMILES string of the molecule is O.O.O.O.O.O.O.O=P(O)(O)OP(=O)(O)O.[H-].[Na+]. The summed E-state index contributed by atoms with van der Waals surface area (Å²) < 4.78 is 22.2. The minimum atomic E-state index is -5.05. The molecule has 0 heterocycles.